The van der Waals surface area contributed by atoms with E-state index >= 15 is 0 Å². The number of fused-ring (bicyclic) bond motifs is 1. The van der Waals surface area contributed by atoms with E-state index < -0.39 is 5.92 Å². The van der Waals surface area contributed by atoms with Crippen molar-refractivity contribution in [2.45, 2.75) is 64.3 Å². The number of carbonyl (C=O) groups excluding carboxylic acids is 1. The van der Waals surface area contributed by atoms with Crippen molar-refractivity contribution < 1.29 is 13.6 Å². The van der Waals surface area contributed by atoms with Crippen LogP contribution in [0, 0.1) is 5.92 Å². The Labute approximate surface area is 163 Å². The number of amides is 1. The first-order valence-corrected chi connectivity index (χ1v) is 10.0. The monoisotopic (exact) mass is 391 g/mol. The summed E-state index contributed by atoms with van der Waals surface area (Å²) in [5.74, 6) is -2.02. The zero-order valence-electron chi connectivity index (χ0n) is 16.6. The van der Waals surface area contributed by atoms with Crippen molar-refractivity contribution in [3.05, 3.63) is 23.8 Å². The molecule has 0 unspecified atom stereocenters. The van der Waals surface area contributed by atoms with Gasteiger partial charge in [-0.1, -0.05) is 6.92 Å². The van der Waals surface area contributed by atoms with Gasteiger partial charge in [-0.2, -0.15) is 0 Å². The lowest BCUT2D eigenvalue weighted by atomic mass is 9.98. The molecule has 2 aromatic heterocycles. The maximum absolute atomic E-state index is 13.9. The quantitative estimate of drug-likeness (QED) is 0.848. The predicted octanol–water partition coefficient (Wildman–Crippen LogP) is 3.45. The van der Waals surface area contributed by atoms with Crippen molar-refractivity contribution >= 4 is 17.4 Å². The number of nitrogens with one attached hydrogen (secondary N) is 1. The molecule has 4 rings (SSSR count). The summed E-state index contributed by atoms with van der Waals surface area (Å²) in [5.41, 5.74) is 1.26. The van der Waals surface area contributed by atoms with Gasteiger partial charge in [-0.3, -0.25) is 9.20 Å². The number of aryl methyl sites for hydroxylation is 1. The smallest absolute Gasteiger partial charge is 0.274 e. The highest BCUT2D eigenvalue weighted by Crippen LogP contribution is 2.39. The van der Waals surface area contributed by atoms with Crippen LogP contribution < -0.4 is 10.2 Å². The number of nitrogens with zero attached hydrogens (tertiary/aromatic N) is 4. The molecule has 8 heteroatoms. The summed E-state index contributed by atoms with van der Waals surface area (Å²) in [5, 5.41) is 3.07. The normalized spacial score (nSPS) is 19.8. The van der Waals surface area contributed by atoms with Crippen LogP contribution in [0.5, 0.6) is 0 Å². The van der Waals surface area contributed by atoms with E-state index in [-0.39, 0.29) is 30.1 Å². The molecule has 1 N–H and O–H groups in total. The van der Waals surface area contributed by atoms with Gasteiger partial charge in [-0.25, -0.2) is 18.7 Å². The second-order valence-electron chi connectivity index (χ2n) is 8.58. The highest BCUT2D eigenvalue weighted by molar-refractivity contribution is 5.98. The van der Waals surface area contributed by atoms with E-state index in [1.165, 1.54) is 0 Å². The zero-order chi connectivity index (χ0) is 20.1. The number of piperidine rings is 1. The molecule has 2 fully saturated rings. The Bertz CT molecular complexity index is 903. The van der Waals surface area contributed by atoms with Crippen LogP contribution in [-0.2, 0) is 6.42 Å². The molecule has 0 aromatic carbocycles. The molecule has 0 bridgehead atoms. The number of aromatic nitrogens is 3. The third-order valence-electron chi connectivity index (χ3n) is 5.90. The minimum Gasteiger partial charge on any atom is -0.350 e. The number of carbonyl (C=O) groups is 1. The SMILES string of the molecule is CCc1cc(N2CCCC(F)(F)C2)nc2c(C(=O)NC(C)(C)C3CC3)ncn12. The Hall–Kier alpha value is -2.25. The van der Waals surface area contributed by atoms with Gasteiger partial charge in [0.05, 0.1) is 6.54 Å². The summed E-state index contributed by atoms with van der Waals surface area (Å²) in [4.78, 5) is 23.4. The van der Waals surface area contributed by atoms with E-state index in [2.05, 4.69) is 15.3 Å². The van der Waals surface area contributed by atoms with Crippen molar-refractivity contribution in [1.29, 1.82) is 0 Å². The molecule has 6 nitrogen and oxygen atoms in total. The summed E-state index contributed by atoms with van der Waals surface area (Å²) in [7, 11) is 0. The Balaban J connectivity index is 1.70. The lowest BCUT2D eigenvalue weighted by Crippen LogP contribution is -2.45. The predicted molar refractivity (Wildman–Crippen MR) is 103 cm³/mol. The molecule has 1 saturated carbocycles. The lowest BCUT2D eigenvalue weighted by Gasteiger charge is -2.33. The van der Waals surface area contributed by atoms with E-state index in [0.717, 1.165) is 18.5 Å². The molecule has 2 aromatic rings. The second kappa shape index (κ2) is 6.67. The van der Waals surface area contributed by atoms with Crippen LogP contribution >= 0.6 is 0 Å². The first-order chi connectivity index (χ1) is 13.2. The van der Waals surface area contributed by atoms with Crippen molar-refractivity contribution in [3.8, 4) is 0 Å². The van der Waals surface area contributed by atoms with Crippen LogP contribution in [0.4, 0.5) is 14.6 Å². The minimum absolute atomic E-state index is 0.0943. The molecule has 0 radical (unpaired) electrons. The fourth-order valence-corrected chi connectivity index (χ4v) is 4.03. The van der Waals surface area contributed by atoms with Crippen molar-refractivity contribution in [2.75, 3.05) is 18.0 Å². The van der Waals surface area contributed by atoms with Crippen LogP contribution in [0.2, 0.25) is 0 Å². The van der Waals surface area contributed by atoms with E-state index in [0.29, 0.717) is 36.8 Å². The molecule has 3 heterocycles. The van der Waals surface area contributed by atoms with Gasteiger partial charge in [-0.15, -0.1) is 0 Å². The number of hydrogen-bond acceptors (Lipinski definition) is 4. The Kier molecular flexibility index (Phi) is 4.55. The van der Waals surface area contributed by atoms with Crippen molar-refractivity contribution in [3.63, 3.8) is 0 Å². The average Bonchev–Trinajstić information content (AvgIpc) is 3.40. The Morgan fingerprint density at radius 2 is 2.14 bits per heavy atom. The average molecular weight is 391 g/mol. The molecule has 1 amide bonds. The van der Waals surface area contributed by atoms with Gasteiger partial charge >= 0.3 is 0 Å². The standard InChI is InChI=1S/C20H27F2N5O/c1-4-14-10-15(26-9-5-8-20(21,22)11-26)24-17-16(23-12-27(14)17)18(28)25-19(2,3)13-6-7-13/h10,12-13H,4-9,11H2,1-3H3,(H,25,28). The number of hydrogen-bond donors (Lipinski definition) is 1. The molecule has 152 valence electrons. The molecule has 0 spiro atoms. The maximum Gasteiger partial charge on any atom is 0.274 e. The second-order valence-corrected chi connectivity index (χ2v) is 8.58. The van der Waals surface area contributed by atoms with Gasteiger partial charge in [0.2, 0.25) is 0 Å². The third kappa shape index (κ3) is 3.56. The third-order valence-corrected chi connectivity index (χ3v) is 5.90. The summed E-state index contributed by atoms with van der Waals surface area (Å²) >= 11 is 0. The Morgan fingerprint density at radius 1 is 1.39 bits per heavy atom. The van der Waals surface area contributed by atoms with Gasteiger partial charge in [0.1, 0.15) is 12.1 Å². The lowest BCUT2D eigenvalue weighted by molar-refractivity contribution is -0.0118. The minimum atomic E-state index is -2.72. The van der Waals surface area contributed by atoms with Crippen LogP contribution in [0.25, 0.3) is 5.65 Å². The van der Waals surface area contributed by atoms with Gasteiger partial charge in [0.15, 0.2) is 11.3 Å². The number of halogens is 2. The van der Waals surface area contributed by atoms with E-state index in [1.807, 2.05) is 26.8 Å². The highest BCUT2D eigenvalue weighted by atomic mass is 19.3. The molecule has 0 atom stereocenters. The number of imidazole rings is 1. The number of anilines is 1. The summed E-state index contributed by atoms with van der Waals surface area (Å²) < 4.78 is 29.6. The van der Waals surface area contributed by atoms with Crippen LogP contribution in [0.15, 0.2) is 12.4 Å². The van der Waals surface area contributed by atoms with Gasteiger partial charge < -0.3 is 10.2 Å². The molecular formula is C20H27F2N5O. The largest absolute Gasteiger partial charge is 0.350 e. The summed E-state index contributed by atoms with van der Waals surface area (Å²) in [6.45, 7) is 6.22. The molecular weight excluding hydrogens is 364 g/mol. The van der Waals surface area contributed by atoms with Crippen LogP contribution in [0.1, 0.15) is 62.6 Å². The summed E-state index contributed by atoms with van der Waals surface area (Å²) in [6, 6.07) is 1.83. The highest BCUT2D eigenvalue weighted by Gasteiger charge is 2.40. The number of rotatable bonds is 5. The van der Waals surface area contributed by atoms with E-state index in [9.17, 15) is 13.6 Å². The van der Waals surface area contributed by atoms with E-state index in [4.69, 9.17) is 0 Å². The fourth-order valence-electron chi connectivity index (χ4n) is 4.03. The zero-order valence-corrected chi connectivity index (χ0v) is 16.6. The molecule has 28 heavy (non-hydrogen) atoms. The van der Waals surface area contributed by atoms with Crippen LogP contribution in [-0.4, -0.2) is 44.8 Å². The van der Waals surface area contributed by atoms with Gasteiger partial charge in [-0.05, 0) is 45.4 Å². The Morgan fingerprint density at radius 3 is 2.79 bits per heavy atom. The van der Waals surface area contributed by atoms with Gasteiger partial charge in [0, 0.05) is 30.3 Å². The maximum atomic E-state index is 13.9. The number of alkyl halides is 2. The molecule has 1 aliphatic carbocycles. The van der Waals surface area contributed by atoms with Crippen LogP contribution in [0.3, 0.4) is 0 Å². The molecule has 2 aliphatic rings. The molecule has 1 aliphatic heterocycles. The molecule has 1 saturated heterocycles. The fraction of sp³-hybridized carbons (Fsp3) is 0.650. The first kappa shape index (κ1) is 19.1. The van der Waals surface area contributed by atoms with Crippen molar-refractivity contribution in [2.24, 2.45) is 5.92 Å². The topological polar surface area (TPSA) is 62.5 Å². The van der Waals surface area contributed by atoms with Crippen molar-refractivity contribution in [1.82, 2.24) is 19.7 Å². The first-order valence-electron chi connectivity index (χ1n) is 10.0. The van der Waals surface area contributed by atoms with Gasteiger partial charge in [0.25, 0.3) is 11.8 Å². The summed E-state index contributed by atoms with van der Waals surface area (Å²) in [6.07, 6.45) is 4.83. The van der Waals surface area contributed by atoms with E-state index in [1.54, 1.807) is 15.6 Å².